The predicted molar refractivity (Wildman–Crippen MR) is 96.6 cm³/mol. The molecule has 2 aliphatic rings. The summed E-state index contributed by atoms with van der Waals surface area (Å²) in [4.78, 5) is 26.2. The van der Waals surface area contributed by atoms with Gasteiger partial charge >= 0.3 is 0 Å². The Labute approximate surface area is 148 Å². The van der Waals surface area contributed by atoms with Crippen LogP contribution in [0.1, 0.15) is 20.3 Å². The summed E-state index contributed by atoms with van der Waals surface area (Å²) >= 11 is 0. The molecule has 3 heterocycles. The van der Waals surface area contributed by atoms with Crippen LogP contribution in [-0.2, 0) is 14.6 Å². The summed E-state index contributed by atoms with van der Waals surface area (Å²) in [5.41, 5.74) is 0. The van der Waals surface area contributed by atoms with Crippen LogP contribution in [0, 0.1) is 0 Å². The van der Waals surface area contributed by atoms with Crippen LogP contribution in [0.25, 0.3) is 0 Å². The van der Waals surface area contributed by atoms with E-state index in [2.05, 4.69) is 19.8 Å². The fourth-order valence-electron chi connectivity index (χ4n) is 3.55. The summed E-state index contributed by atoms with van der Waals surface area (Å²) in [5, 5.41) is 0. The minimum absolute atomic E-state index is 0.0210. The molecular formula is C16H25N5O3S. The first-order valence-electron chi connectivity index (χ1n) is 8.69. The number of carbonyl (C=O) groups excluding carboxylic acids is 1. The third kappa shape index (κ3) is 4.02. The van der Waals surface area contributed by atoms with Gasteiger partial charge in [0.25, 0.3) is 0 Å². The first-order valence-corrected chi connectivity index (χ1v) is 10.5. The Balaban J connectivity index is 1.74. The molecule has 1 atom stereocenters. The van der Waals surface area contributed by atoms with Gasteiger partial charge in [0.15, 0.2) is 9.84 Å². The molecule has 1 aromatic heterocycles. The Morgan fingerprint density at radius 3 is 2.56 bits per heavy atom. The lowest BCUT2D eigenvalue weighted by atomic mass is 10.2. The van der Waals surface area contributed by atoms with Crippen LogP contribution in [0.15, 0.2) is 12.4 Å². The van der Waals surface area contributed by atoms with Crippen molar-refractivity contribution in [3.05, 3.63) is 12.4 Å². The molecule has 0 bridgehead atoms. The van der Waals surface area contributed by atoms with Crippen molar-refractivity contribution in [1.82, 2.24) is 14.9 Å². The molecule has 3 rings (SSSR count). The van der Waals surface area contributed by atoms with Crippen LogP contribution in [0.3, 0.4) is 0 Å². The molecule has 0 radical (unpaired) electrons. The average molecular weight is 367 g/mol. The maximum absolute atomic E-state index is 11.8. The maximum Gasteiger partial charge on any atom is 0.219 e. The SMILES string of the molecule is CCN(c1cc(N2CCN(C(C)=O)CC2)ncn1)C1CCS(=O)(=O)C1. The lowest BCUT2D eigenvalue weighted by Crippen LogP contribution is -2.48. The Kier molecular flexibility index (Phi) is 5.12. The summed E-state index contributed by atoms with van der Waals surface area (Å²) in [6.07, 6.45) is 2.18. The highest BCUT2D eigenvalue weighted by atomic mass is 32.2. The molecule has 0 aromatic carbocycles. The van der Waals surface area contributed by atoms with Gasteiger partial charge in [-0.15, -0.1) is 0 Å². The number of hydrogen-bond donors (Lipinski definition) is 0. The van der Waals surface area contributed by atoms with Gasteiger partial charge in [-0.3, -0.25) is 4.79 Å². The standard InChI is InChI=1S/C16H25N5O3S/c1-3-21(14-4-9-25(23,24)11-14)16-10-15(17-12-18-16)20-7-5-19(6-8-20)13(2)22/h10,12,14H,3-9,11H2,1-2H3. The van der Waals surface area contributed by atoms with E-state index in [1.54, 1.807) is 6.92 Å². The summed E-state index contributed by atoms with van der Waals surface area (Å²) in [5.74, 6) is 2.13. The van der Waals surface area contributed by atoms with E-state index in [4.69, 9.17) is 0 Å². The number of piperazine rings is 1. The van der Waals surface area contributed by atoms with Crippen molar-refractivity contribution < 1.29 is 13.2 Å². The number of carbonyl (C=O) groups is 1. The smallest absolute Gasteiger partial charge is 0.219 e. The zero-order chi connectivity index (χ0) is 18.0. The summed E-state index contributed by atoms with van der Waals surface area (Å²) in [6, 6.07) is 1.91. The Hall–Kier alpha value is -1.90. The van der Waals surface area contributed by atoms with E-state index < -0.39 is 9.84 Å². The van der Waals surface area contributed by atoms with Crippen molar-refractivity contribution >= 4 is 27.4 Å². The van der Waals surface area contributed by atoms with Crippen LogP contribution in [0.4, 0.5) is 11.6 Å². The van der Waals surface area contributed by atoms with Crippen molar-refractivity contribution in [1.29, 1.82) is 0 Å². The van der Waals surface area contributed by atoms with Crippen molar-refractivity contribution in [3.63, 3.8) is 0 Å². The van der Waals surface area contributed by atoms with E-state index in [0.29, 0.717) is 26.1 Å². The van der Waals surface area contributed by atoms with E-state index in [1.165, 1.54) is 6.33 Å². The molecule has 25 heavy (non-hydrogen) atoms. The highest BCUT2D eigenvalue weighted by molar-refractivity contribution is 7.91. The first kappa shape index (κ1) is 17.9. The molecule has 0 spiro atoms. The number of amides is 1. The molecule has 0 aliphatic carbocycles. The zero-order valence-electron chi connectivity index (χ0n) is 14.8. The van der Waals surface area contributed by atoms with Crippen molar-refractivity contribution in [3.8, 4) is 0 Å². The average Bonchev–Trinajstić information content (AvgIpc) is 2.95. The maximum atomic E-state index is 11.8. The number of hydrogen-bond acceptors (Lipinski definition) is 7. The van der Waals surface area contributed by atoms with E-state index >= 15 is 0 Å². The Bertz CT molecular complexity index is 731. The number of anilines is 2. The second-order valence-electron chi connectivity index (χ2n) is 6.57. The molecule has 9 heteroatoms. The van der Waals surface area contributed by atoms with Crippen molar-refractivity contribution in [2.24, 2.45) is 0 Å². The second kappa shape index (κ2) is 7.15. The topological polar surface area (TPSA) is 86.7 Å². The van der Waals surface area contributed by atoms with E-state index in [1.807, 2.05) is 17.9 Å². The quantitative estimate of drug-likeness (QED) is 0.749. The zero-order valence-corrected chi connectivity index (χ0v) is 15.6. The summed E-state index contributed by atoms with van der Waals surface area (Å²) in [7, 11) is -2.94. The lowest BCUT2D eigenvalue weighted by Gasteiger charge is -2.35. The molecule has 1 aromatic rings. The normalized spacial score (nSPS) is 22.9. The highest BCUT2D eigenvalue weighted by Gasteiger charge is 2.32. The molecule has 1 amide bonds. The van der Waals surface area contributed by atoms with Gasteiger partial charge in [-0.25, -0.2) is 18.4 Å². The minimum Gasteiger partial charge on any atom is -0.353 e. The first-order chi connectivity index (χ1) is 11.9. The van der Waals surface area contributed by atoms with Gasteiger partial charge in [0.2, 0.25) is 5.91 Å². The Morgan fingerprint density at radius 1 is 1.28 bits per heavy atom. The number of sulfone groups is 1. The molecule has 2 fully saturated rings. The van der Waals surface area contributed by atoms with Gasteiger partial charge in [-0.05, 0) is 13.3 Å². The third-order valence-corrected chi connectivity index (χ3v) is 6.72. The van der Waals surface area contributed by atoms with Gasteiger partial charge in [-0.1, -0.05) is 0 Å². The lowest BCUT2D eigenvalue weighted by molar-refractivity contribution is -0.129. The molecule has 2 saturated heterocycles. The molecular weight excluding hydrogens is 342 g/mol. The number of rotatable bonds is 4. The molecule has 0 saturated carbocycles. The van der Waals surface area contributed by atoms with Gasteiger partial charge in [0.05, 0.1) is 11.5 Å². The summed E-state index contributed by atoms with van der Waals surface area (Å²) in [6.45, 7) is 7.15. The predicted octanol–water partition coefficient (Wildman–Crippen LogP) is 0.159. The third-order valence-electron chi connectivity index (χ3n) is 4.97. The van der Waals surface area contributed by atoms with E-state index in [-0.39, 0.29) is 23.5 Å². The van der Waals surface area contributed by atoms with E-state index in [0.717, 1.165) is 24.7 Å². The fourth-order valence-corrected chi connectivity index (χ4v) is 5.28. The summed E-state index contributed by atoms with van der Waals surface area (Å²) < 4.78 is 23.6. The van der Waals surface area contributed by atoms with Crippen LogP contribution in [-0.4, -0.2) is 79.5 Å². The van der Waals surface area contributed by atoms with Crippen LogP contribution < -0.4 is 9.80 Å². The molecule has 1 unspecified atom stereocenters. The fraction of sp³-hybridized carbons (Fsp3) is 0.688. The minimum atomic E-state index is -2.94. The largest absolute Gasteiger partial charge is 0.353 e. The number of nitrogens with zero attached hydrogens (tertiary/aromatic N) is 5. The van der Waals surface area contributed by atoms with Crippen molar-refractivity contribution in [2.75, 3.05) is 54.0 Å². The van der Waals surface area contributed by atoms with E-state index in [9.17, 15) is 13.2 Å². The second-order valence-corrected chi connectivity index (χ2v) is 8.80. The molecule has 8 nitrogen and oxygen atoms in total. The van der Waals surface area contributed by atoms with Crippen LogP contribution in [0.2, 0.25) is 0 Å². The van der Waals surface area contributed by atoms with Gasteiger partial charge in [0, 0.05) is 51.8 Å². The van der Waals surface area contributed by atoms with Gasteiger partial charge in [-0.2, -0.15) is 0 Å². The monoisotopic (exact) mass is 367 g/mol. The molecule has 0 N–H and O–H groups in total. The highest BCUT2D eigenvalue weighted by Crippen LogP contribution is 2.25. The van der Waals surface area contributed by atoms with Crippen LogP contribution in [0.5, 0.6) is 0 Å². The Morgan fingerprint density at radius 2 is 2.00 bits per heavy atom. The van der Waals surface area contributed by atoms with Gasteiger partial charge < -0.3 is 14.7 Å². The van der Waals surface area contributed by atoms with Crippen molar-refractivity contribution in [2.45, 2.75) is 26.3 Å². The van der Waals surface area contributed by atoms with Gasteiger partial charge in [0.1, 0.15) is 18.0 Å². The number of aromatic nitrogens is 2. The molecule has 138 valence electrons. The molecule has 2 aliphatic heterocycles. The van der Waals surface area contributed by atoms with Crippen LogP contribution >= 0.6 is 0 Å².